The van der Waals surface area contributed by atoms with Crippen molar-refractivity contribution in [3.8, 4) is 6.07 Å². The van der Waals surface area contributed by atoms with E-state index < -0.39 is 0 Å². The van der Waals surface area contributed by atoms with Crippen molar-refractivity contribution in [3.63, 3.8) is 0 Å². The van der Waals surface area contributed by atoms with Crippen molar-refractivity contribution in [2.45, 2.75) is 0 Å². The van der Waals surface area contributed by atoms with Gasteiger partial charge in [-0.25, -0.2) is 4.99 Å². The minimum absolute atomic E-state index is 0.206. The second-order valence-electron chi connectivity index (χ2n) is 3.10. The molecule has 0 heterocycles. The van der Waals surface area contributed by atoms with Crippen LogP contribution < -0.4 is 5.32 Å². The Balaban J connectivity index is 2.85. The third-order valence-electron chi connectivity index (χ3n) is 1.92. The molecule has 0 spiro atoms. The van der Waals surface area contributed by atoms with Gasteiger partial charge in [0.25, 0.3) is 0 Å². The zero-order valence-corrected chi connectivity index (χ0v) is 10.8. The van der Waals surface area contributed by atoms with Gasteiger partial charge in [-0.3, -0.25) is 0 Å². The quantitative estimate of drug-likeness (QED) is 0.392. The summed E-state index contributed by atoms with van der Waals surface area (Å²) in [6.45, 7) is 3.54. The molecule has 0 aliphatic rings. The summed E-state index contributed by atoms with van der Waals surface area (Å²) in [6.07, 6.45) is 1.53. The van der Waals surface area contributed by atoms with Crippen molar-refractivity contribution < 1.29 is 0 Å². The number of rotatable bonds is 4. The Labute approximate surface area is 115 Å². The lowest BCUT2D eigenvalue weighted by Crippen LogP contribution is -1.95. The highest BCUT2D eigenvalue weighted by molar-refractivity contribution is 6.56. The van der Waals surface area contributed by atoms with Crippen LogP contribution in [0.5, 0.6) is 0 Å². The first-order valence-corrected chi connectivity index (χ1v) is 5.68. The van der Waals surface area contributed by atoms with Crippen molar-refractivity contribution in [2.75, 3.05) is 5.32 Å². The van der Waals surface area contributed by atoms with Gasteiger partial charge < -0.3 is 5.32 Å². The van der Waals surface area contributed by atoms with Gasteiger partial charge in [-0.1, -0.05) is 29.8 Å². The number of nitrogens with zero attached hydrogens (tertiary/aromatic N) is 2. The maximum Gasteiger partial charge on any atom is 0.132 e. The highest BCUT2D eigenvalue weighted by atomic mass is 35.5. The van der Waals surface area contributed by atoms with Crippen LogP contribution in [0, 0.1) is 11.3 Å². The molecule has 0 aromatic heterocycles. The molecule has 0 saturated heterocycles. The van der Waals surface area contributed by atoms with Crippen LogP contribution in [0.3, 0.4) is 0 Å². The van der Waals surface area contributed by atoms with Crippen LogP contribution in [-0.2, 0) is 0 Å². The normalized spacial score (nSPS) is 10.8. The highest BCUT2D eigenvalue weighted by Crippen LogP contribution is 2.14. The molecule has 0 saturated carbocycles. The van der Waals surface area contributed by atoms with Gasteiger partial charge in [-0.15, -0.1) is 5.73 Å². The molecule has 3 nitrogen and oxygen atoms in total. The van der Waals surface area contributed by atoms with Crippen LogP contribution in [0.4, 0.5) is 5.69 Å². The Morgan fingerprint density at radius 2 is 2.06 bits per heavy atom. The smallest absolute Gasteiger partial charge is 0.132 e. The van der Waals surface area contributed by atoms with Crippen LogP contribution in [0.2, 0.25) is 0 Å². The summed E-state index contributed by atoms with van der Waals surface area (Å²) < 4.78 is 0. The second-order valence-corrected chi connectivity index (χ2v) is 3.68. The van der Waals surface area contributed by atoms with Gasteiger partial charge in [0.2, 0.25) is 0 Å². The first kappa shape index (κ1) is 14.1. The third-order valence-corrected chi connectivity index (χ3v) is 2.22. The third kappa shape index (κ3) is 4.48. The topological polar surface area (TPSA) is 48.2 Å². The van der Waals surface area contributed by atoms with Crippen LogP contribution in [0.25, 0.3) is 0 Å². The molecule has 0 radical (unpaired) electrons. The lowest BCUT2D eigenvalue weighted by Gasteiger charge is -2.05. The zero-order chi connectivity index (χ0) is 13.4. The number of halogens is 2. The second kappa shape index (κ2) is 7.37. The van der Waals surface area contributed by atoms with Crippen LogP contribution in [0.15, 0.2) is 58.5 Å². The van der Waals surface area contributed by atoms with E-state index in [0.717, 1.165) is 11.4 Å². The van der Waals surface area contributed by atoms with E-state index in [1.54, 1.807) is 24.3 Å². The van der Waals surface area contributed by atoms with E-state index in [9.17, 15) is 0 Å². The summed E-state index contributed by atoms with van der Waals surface area (Å²) in [4.78, 5) is 3.68. The first-order valence-electron chi connectivity index (χ1n) is 4.86. The fraction of sp³-hybridized carbons (Fsp3) is 0. The van der Waals surface area contributed by atoms with Crippen molar-refractivity contribution in [3.05, 3.63) is 59.1 Å². The summed E-state index contributed by atoms with van der Waals surface area (Å²) in [5, 5.41) is 11.9. The van der Waals surface area contributed by atoms with Crippen molar-refractivity contribution >= 4 is 34.6 Å². The largest absolute Gasteiger partial charge is 0.349 e. The maximum atomic E-state index is 8.68. The van der Waals surface area contributed by atoms with Gasteiger partial charge in [-0.2, -0.15) is 5.26 Å². The van der Waals surface area contributed by atoms with Crippen LogP contribution in [-0.4, -0.2) is 5.67 Å². The molecule has 0 bridgehead atoms. The van der Waals surface area contributed by atoms with E-state index in [4.69, 9.17) is 28.5 Å². The van der Waals surface area contributed by atoms with E-state index in [-0.39, 0.29) is 5.16 Å². The predicted octanol–water partition coefficient (Wildman–Crippen LogP) is 3.99. The van der Waals surface area contributed by atoms with E-state index in [2.05, 4.69) is 22.6 Å². The number of hydrogen-bond donors (Lipinski definition) is 1. The van der Waals surface area contributed by atoms with Crippen molar-refractivity contribution in [1.29, 1.82) is 5.26 Å². The van der Waals surface area contributed by atoms with E-state index in [0.29, 0.717) is 11.3 Å². The van der Waals surface area contributed by atoms with Crippen LogP contribution >= 0.6 is 23.2 Å². The standard InChI is InChI=1S/C13H9Cl2N3/c1-2-11(7-13(15)17-9-14)18-12-5-3-10(8-16)4-6-12/h3-7,9,18H,1H2/b13-7-,17-9+. The van der Waals surface area contributed by atoms with Gasteiger partial charge in [0, 0.05) is 11.8 Å². The number of benzene rings is 1. The molecule has 1 N–H and O–H groups in total. The molecule has 0 atom stereocenters. The predicted molar refractivity (Wildman–Crippen MR) is 75.7 cm³/mol. The summed E-state index contributed by atoms with van der Waals surface area (Å²) in [5.41, 5.74) is 5.68. The SMILES string of the molecule is C=C=C(/C=C(Cl)\N=C\Cl)Nc1ccc(C#N)cc1. The minimum atomic E-state index is 0.206. The molecular formula is C13H9Cl2N3. The molecule has 0 amide bonds. The van der Waals surface area contributed by atoms with E-state index >= 15 is 0 Å². The molecule has 1 aromatic rings. The number of anilines is 1. The van der Waals surface area contributed by atoms with Gasteiger partial charge in [0.05, 0.1) is 23.0 Å². The molecule has 0 aliphatic heterocycles. The molecule has 5 heteroatoms. The fourth-order valence-electron chi connectivity index (χ4n) is 1.12. The summed E-state index contributed by atoms with van der Waals surface area (Å²) >= 11 is 11.1. The van der Waals surface area contributed by atoms with E-state index in [1.165, 1.54) is 6.08 Å². The van der Waals surface area contributed by atoms with E-state index in [1.807, 2.05) is 6.07 Å². The number of nitriles is 1. The maximum absolute atomic E-state index is 8.68. The zero-order valence-electron chi connectivity index (χ0n) is 9.32. The molecule has 0 fully saturated rings. The molecule has 18 heavy (non-hydrogen) atoms. The lowest BCUT2D eigenvalue weighted by molar-refractivity contribution is 1.43. The highest BCUT2D eigenvalue weighted by Gasteiger charge is 1.97. The van der Waals surface area contributed by atoms with Gasteiger partial charge >= 0.3 is 0 Å². The number of aliphatic imine (C=N–C) groups is 1. The molecule has 0 aliphatic carbocycles. The lowest BCUT2D eigenvalue weighted by atomic mass is 10.2. The monoisotopic (exact) mass is 277 g/mol. The summed E-state index contributed by atoms with van der Waals surface area (Å²) in [7, 11) is 0. The average molecular weight is 278 g/mol. The van der Waals surface area contributed by atoms with Crippen LogP contribution in [0.1, 0.15) is 5.56 Å². The Morgan fingerprint density at radius 1 is 1.39 bits per heavy atom. The Bertz CT molecular complexity index is 559. The van der Waals surface area contributed by atoms with Gasteiger partial charge in [0.15, 0.2) is 0 Å². The molecule has 0 unspecified atom stereocenters. The Kier molecular flexibility index (Phi) is 5.76. The first-order chi connectivity index (χ1) is 8.69. The Morgan fingerprint density at radius 3 is 2.56 bits per heavy atom. The van der Waals surface area contributed by atoms with Gasteiger partial charge in [0.1, 0.15) is 5.16 Å². The van der Waals surface area contributed by atoms with Crippen molar-refractivity contribution in [1.82, 2.24) is 0 Å². The minimum Gasteiger partial charge on any atom is -0.349 e. The molecular weight excluding hydrogens is 269 g/mol. The Hall–Kier alpha value is -1.98. The van der Waals surface area contributed by atoms with Crippen molar-refractivity contribution in [2.24, 2.45) is 4.99 Å². The molecule has 1 aromatic carbocycles. The summed E-state index contributed by atoms with van der Waals surface area (Å²) in [6, 6.07) is 8.97. The van der Waals surface area contributed by atoms with Gasteiger partial charge in [-0.05, 0) is 24.3 Å². The molecule has 90 valence electrons. The number of nitrogens with one attached hydrogen (secondary N) is 1. The molecule has 1 rings (SSSR count). The summed E-state index contributed by atoms with van der Waals surface area (Å²) in [5.74, 6) is 0. The fourth-order valence-corrected chi connectivity index (χ4v) is 1.43. The number of allylic oxidation sites excluding steroid dienone is 1. The average Bonchev–Trinajstić information content (AvgIpc) is 2.39. The number of hydrogen-bond acceptors (Lipinski definition) is 3.